The third-order valence-electron chi connectivity index (χ3n) is 2.95. The smallest absolute Gasteiger partial charge is 0.219 e. The van der Waals surface area contributed by atoms with Crippen LogP contribution in [0, 0.1) is 0 Å². The maximum absolute atomic E-state index is 11.3. The van der Waals surface area contributed by atoms with Crippen molar-refractivity contribution in [1.82, 2.24) is 4.90 Å². The van der Waals surface area contributed by atoms with Crippen LogP contribution in [-0.4, -0.2) is 24.4 Å². The first-order valence-electron chi connectivity index (χ1n) is 5.26. The molecule has 0 bridgehead atoms. The molecule has 0 radical (unpaired) electrons. The predicted octanol–water partition coefficient (Wildman–Crippen LogP) is 1.63. The summed E-state index contributed by atoms with van der Waals surface area (Å²) in [7, 11) is 1.91. The van der Waals surface area contributed by atoms with Gasteiger partial charge < -0.3 is 10.2 Å². The standard InChI is InChI=1S/C12H16N2O/c1-9(15)14-6-5-10-3-4-12(13-2)7-11(10)8-14/h3-4,7,13H,5-6,8H2,1-2H3. The molecule has 1 amide bonds. The summed E-state index contributed by atoms with van der Waals surface area (Å²) in [6, 6.07) is 6.37. The van der Waals surface area contributed by atoms with E-state index in [1.807, 2.05) is 11.9 Å². The van der Waals surface area contributed by atoms with Crippen molar-refractivity contribution in [3.63, 3.8) is 0 Å². The summed E-state index contributed by atoms with van der Waals surface area (Å²) < 4.78 is 0. The normalized spacial score (nSPS) is 14.7. The number of carbonyl (C=O) groups excluding carboxylic acids is 1. The Kier molecular flexibility index (Phi) is 2.62. The minimum absolute atomic E-state index is 0.163. The zero-order valence-corrected chi connectivity index (χ0v) is 9.21. The van der Waals surface area contributed by atoms with E-state index in [1.54, 1.807) is 6.92 Å². The van der Waals surface area contributed by atoms with Gasteiger partial charge in [-0.3, -0.25) is 4.79 Å². The highest BCUT2D eigenvalue weighted by molar-refractivity contribution is 5.73. The quantitative estimate of drug-likeness (QED) is 0.754. The van der Waals surface area contributed by atoms with E-state index in [0.29, 0.717) is 0 Å². The maximum atomic E-state index is 11.3. The van der Waals surface area contributed by atoms with Gasteiger partial charge in [0.05, 0.1) is 0 Å². The van der Waals surface area contributed by atoms with Crippen LogP contribution >= 0.6 is 0 Å². The molecule has 1 N–H and O–H groups in total. The number of hydrogen-bond donors (Lipinski definition) is 1. The lowest BCUT2D eigenvalue weighted by Gasteiger charge is -2.28. The van der Waals surface area contributed by atoms with Gasteiger partial charge in [-0.2, -0.15) is 0 Å². The molecule has 0 spiro atoms. The van der Waals surface area contributed by atoms with Gasteiger partial charge in [-0.1, -0.05) is 6.07 Å². The van der Waals surface area contributed by atoms with Gasteiger partial charge in [-0.05, 0) is 29.7 Å². The minimum Gasteiger partial charge on any atom is -0.388 e. The summed E-state index contributed by atoms with van der Waals surface area (Å²) in [6.07, 6.45) is 0.971. The average molecular weight is 204 g/mol. The first-order valence-corrected chi connectivity index (χ1v) is 5.26. The molecule has 0 saturated carbocycles. The van der Waals surface area contributed by atoms with E-state index < -0.39 is 0 Å². The van der Waals surface area contributed by atoms with E-state index in [4.69, 9.17) is 0 Å². The van der Waals surface area contributed by atoms with Crippen molar-refractivity contribution >= 4 is 11.6 Å². The summed E-state index contributed by atoms with van der Waals surface area (Å²) in [5.41, 5.74) is 3.74. The Morgan fingerprint density at radius 1 is 1.40 bits per heavy atom. The molecule has 1 aromatic rings. The SMILES string of the molecule is CNc1ccc2c(c1)CN(C(C)=O)CC2. The second-order valence-corrected chi connectivity index (χ2v) is 3.92. The second-order valence-electron chi connectivity index (χ2n) is 3.92. The number of anilines is 1. The lowest BCUT2D eigenvalue weighted by Crippen LogP contribution is -2.34. The molecule has 1 aromatic carbocycles. The largest absolute Gasteiger partial charge is 0.388 e. The van der Waals surface area contributed by atoms with Crippen molar-refractivity contribution in [3.05, 3.63) is 29.3 Å². The van der Waals surface area contributed by atoms with Gasteiger partial charge in [-0.15, -0.1) is 0 Å². The highest BCUT2D eigenvalue weighted by Crippen LogP contribution is 2.22. The van der Waals surface area contributed by atoms with Crippen molar-refractivity contribution in [2.24, 2.45) is 0 Å². The molecule has 1 aliphatic heterocycles. The average Bonchev–Trinajstić information content (AvgIpc) is 2.27. The van der Waals surface area contributed by atoms with E-state index >= 15 is 0 Å². The molecule has 3 nitrogen and oxygen atoms in total. The van der Waals surface area contributed by atoms with Crippen molar-refractivity contribution in [2.75, 3.05) is 18.9 Å². The zero-order valence-electron chi connectivity index (χ0n) is 9.21. The van der Waals surface area contributed by atoms with Crippen LogP contribution in [0.1, 0.15) is 18.1 Å². The Labute approximate surface area is 90.1 Å². The predicted molar refractivity (Wildman–Crippen MR) is 60.8 cm³/mol. The van der Waals surface area contributed by atoms with E-state index in [2.05, 4.69) is 23.5 Å². The Morgan fingerprint density at radius 2 is 2.20 bits per heavy atom. The number of nitrogens with zero attached hydrogens (tertiary/aromatic N) is 1. The molecule has 15 heavy (non-hydrogen) atoms. The monoisotopic (exact) mass is 204 g/mol. The number of amides is 1. The minimum atomic E-state index is 0.163. The van der Waals surface area contributed by atoms with Crippen LogP contribution in [0.25, 0.3) is 0 Å². The fourth-order valence-electron chi connectivity index (χ4n) is 1.98. The highest BCUT2D eigenvalue weighted by Gasteiger charge is 2.17. The van der Waals surface area contributed by atoms with E-state index in [0.717, 1.165) is 25.2 Å². The summed E-state index contributed by atoms with van der Waals surface area (Å²) in [4.78, 5) is 13.2. The Bertz CT molecular complexity index is 387. The van der Waals surface area contributed by atoms with Crippen LogP contribution in [-0.2, 0) is 17.8 Å². The van der Waals surface area contributed by atoms with Crippen molar-refractivity contribution < 1.29 is 4.79 Å². The molecule has 0 saturated heterocycles. The second kappa shape index (κ2) is 3.93. The van der Waals surface area contributed by atoms with E-state index in [1.165, 1.54) is 11.1 Å². The lowest BCUT2D eigenvalue weighted by atomic mass is 9.99. The number of fused-ring (bicyclic) bond motifs is 1. The van der Waals surface area contributed by atoms with Gasteiger partial charge in [0.15, 0.2) is 0 Å². The van der Waals surface area contributed by atoms with Crippen LogP contribution in [0.3, 0.4) is 0 Å². The summed E-state index contributed by atoms with van der Waals surface area (Å²) in [5, 5.41) is 3.12. The van der Waals surface area contributed by atoms with Gasteiger partial charge in [-0.25, -0.2) is 0 Å². The Hall–Kier alpha value is -1.51. The van der Waals surface area contributed by atoms with Gasteiger partial charge in [0, 0.05) is 32.7 Å². The number of carbonyl (C=O) groups is 1. The maximum Gasteiger partial charge on any atom is 0.219 e. The molecule has 0 unspecified atom stereocenters. The first-order chi connectivity index (χ1) is 7.20. The molecular formula is C12H16N2O. The van der Waals surface area contributed by atoms with Crippen LogP contribution in [0.15, 0.2) is 18.2 Å². The van der Waals surface area contributed by atoms with E-state index in [-0.39, 0.29) is 5.91 Å². The molecule has 0 fully saturated rings. The molecule has 1 aliphatic rings. The third kappa shape index (κ3) is 1.96. The summed E-state index contributed by atoms with van der Waals surface area (Å²) in [6.45, 7) is 3.23. The van der Waals surface area contributed by atoms with E-state index in [9.17, 15) is 4.79 Å². The molecule has 0 aliphatic carbocycles. The molecular weight excluding hydrogens is 188 g/mol. The van der Waals surface area contributed by atoms with Crippen LogP contribution in [0.2, 0.25) is 0 Å². The fraction of sp³-hybridized carbons (Fsp3) is 0.417. The Balaban J connectivity index is 2.27. The first kappa shape index (κ1) is 10.0. The molecule has 80 valence electrons. The summed E-state index contributed by atoms with van der Waals surface area (Å²) in [5.74, 6) is 0.163. The van der Waals surface area contributed by atoms with Crippen molar-refractivity contribution in [2.45, 2.75) is 19.9 Å². The molecule has 1 heterocycles. The molecule has 0 atom stereocenters. The summed E-state index contributed by atoms with van der Waals surface area (Å²) >= 11 is 0. The third-order valence-corrected chi connectivity index (χ3v) is 2.95. The van der Waals surface area contributed by atoms with Crippen molar-refractivity contribution in [3.8, 4) is 0 Å². The lowest BCUT2D eigenvalue weighted by molar-refractivity contribution is -0.129. The van der Waals surface area contributed by atoms with Gasteiger partial charge in [0.2, 0.25) is 5.91 Å². The number of hydrogen-bond acceptors (Lipinski definition) is 2. The van der Waals surface area contributed by atoms with Gasteiger partial charge in [0.25, 0.3) is 0 Å². The van der Waals surface area contributed by atoms with Crippen LogP contribution in [0.5, 0.6) is 0 Å². The molecule has 2 rings (SSSR count). The number of nitrogens with one attached hydrogen (secondary N) is 1. The van der Waals surface area contributed by atoms with Crippen molar-refractivity contribution in [1.29, 1.82) is 0 Å². The number of rotatable bonds is 1. The molecule has 0 aromatic heterocycles. The highest BCUT2D eigenvalue weighted by atomic mass is 16.2. The van der Waals surface area contributed by atoms with Crippen LogP contribution < -0.4 is 5.32 Å². The number of benzene rings is 1. The zero-order chi connectivity index (χ0) is 10.8. The molecule has 3 heteroatoms. The fourth-order valence-corrected chi connectivity index (χ4v) is 1.98. The Morgan fingerprint density at radius 3 is 2.87 bits per heavy atom. The van der Waals surface area contributed by atoms with Gasteiger partial charge in [0.1, 0.15) is 0 Å². The topological polar surface area (TPSA) is 32.3 Å². The van der Waals surface area contributed by atoms with Gasteiger partial charge >= 0.3 is 0 Å². The van der Waals surface area contributed by atoms with Crippen LogP contribution in [0.4, 0.5) is 5.69 Å².